The quantitative estimate of drug-likeness (QED) is 0.501. The van der Waals surface area contributed by atoms with Crippen LogP contribution in [0.5, 0.6) is 11.5 Å². The monoisotopic (exact) mass is 427 g/mol. The number of rotatable bonds is 6. The number of methoxy groups -OCH3 is 2. The normalized spacial score (nSPS) is 10.7. The first-order valence-electron chi connectivity index (χ1n) is 8.51. The molecule has 0 aliphatic heterocycles. The molecule has 4 rings (SSSR count). The first kappa shape index (κ1) is 19.1. The van der Waals surface area contributed by atoms with Gasteiger partial charge in [0.1, 0.15) is 22.2 Å². The van der Waals surface area contributed by atoms with Crippen LogP contribution in [0, 0.1) is 0 Å². The Kier molecular flexibility index (Phi) is 5.28. The summed E-state index contributed by atoms with van der Waals surface area (Å²) in [5, 5.41) is 11.7. The van der Waals surface area contributed by atoms with Gasteiger partial charge in [-0.2, -0.15) is 5.10 Å². The van der Waals surface area contributed by atoms with E-state index in [2.05, 4.69) is 20.4 Å². The Hall–Kier alpha value is -3.24. The minimum atomic E-state index is -0.306. The van der Waals surface area contributed by atoms with Gasteiger partial charge in [0.25, 0.3) is 5.91 Å². The fourth-order valence-electron chi connectivity index (χ4n) is 2.67. The smallest absolute Gasteiger partial charge is 0.276 e. The van der Waals surface area contributed by atoms with Crippen LogP contribution in [-0.4, -0.2) is 39.9 Å². The lowest BCUT2D eigenvalue weighted by atomic mass is 10.1. The molecule has 0 atom stereocenters. The molecule has 0 spiro atoms. The maximum Gasteiger partial charge on any atom is 0.276 e. The van der Waals surface area contributed by atoms with Crippen LogP contribution in [-0.2, 0) is 7.05 Å². The molecule has 0 saturated heterocycles. The van der Waals surface area contributed by atoms with Crippen molar-refractivity contribution in [2.45, 2.75) is 0 Å². The van der Waals surface area contributed by atoms with Crippen molar-refractivity contribution in [2.24, 2.45) is 7.05 Å². The molecule has 10 heteroatoms. The van der Waals surface area contributed by atoms with Crippen LogP contribution in [0.15, 0.2) is 41.4 Å². The average Bonchev–Trinajstić information content (AvgIpc) is 3.48. The summed E-state index contributed by atoms with van der Waals surface area (Å²) in [5.74, 6) is 1.04. The molecule has 29 heavy (non-hydrogen) atoms. The number of hydrogen-bond donors (Lipinski definition) is 1. The van der Waals surface area contributed by atoms with Crippen LogP contribution in [0.25, 0.3) is 21.8 Å². The Morgan fingerprint density at radius 2 is 2.00 bits per heavy atom. The summed E-state index contributed by atoms with van der Waals surface area (Å²) in [6.07, 6.45) is 3.58. The second kappa shape index (κ2) is 8.02. The first-order valence-corrected chi connectivity index (χ1v) is 10.3. The fourth-order valence-corrected chi connectivity index (χ4v) is 4.15. The standard InChI is InChI=1S/C19H17N5O3S2/c1-24-8-11(7-20-24)18-21-15(10-28-18)17(25)23-19-22-14(9-29-19)13-5-4-12(26-2)6-16(13)27-3/h4-10H,1-3H3,(H,22,23,25). The summed E-state index contributed by atoms with van der Waals surface area (Å²) in [6.45, 7) is 0. The molecule has 8 nitrogen and oxygen atoms in total. The molecule has 0 fully saturated rings. The molecule has 0 bridgehead atoms. The highest BCUT2D eigenvalue weighted by Gasteiger charge is 2.16. The predicted octanol–water partition coefficient (Wildman–Crippen LogP) is 3.94. The van der Waals surface area contributed by atoms with Gasteiger partial charge in [0, 0.05) is 41.2 Å². The number of carbonyl (C=O) groups excluding carboxylic acids is 1. The van der Waals surface area contributed by atoms with E-state index in [0.29, 0.717) is 28.0 Å². The second-order valence-corrected chi connectivity index (χ2v) is 7.72. The van der Waals surface area contributed by atoms with E-state index in [-0.39, 0.29) is 5.91 Å². The molecule has 0 aliphatic carbocycles. The van der Waals surface area contributed by atoms with Gasteiger partial charge in [0.05, 0.1) is 26.1 Å². The van der Waals surface area contributed by atoms with Gasteiger partial charge in [-0.1, -0.05) is 0 Å². The van der Waals surface area contributed by atoms with Crippen molar-refractivity contribution < 1.29 is 14.3 Å². The highest BCUT2D eigenvalue weighted by molar-refractivity contribution is 7.14. The molecule has 1 aromatic carbocycles. The topological polar surface area (TPSA) is 91.2 Å². The number of aromatic nitrogens is 4. The number of thiazole rings is 2. The molecular weight excluding hydrogens is 410 g/mol. The van der Waals surface area contributed by atoms with Crippen LogP contribution in [0.2, 0.25) is 0 Å². The third-order valence-corrected chi connectivity index (χ3v) is 5.75. The number of hydrogen-bond acceptors (Lipinski definition) is 8. The summed E-state index contributed by atoms with van der Waals surface area (Å²) in [7, 11) is 5.03. The Bertz CT molecular complexity index is 1160. The lowest BCUT2D eigenvalue weighted by Gasteiger charge is -2.08. The van der Waals surface area contributed by atoms with E-state index in [1.807, 2.05) is 30.8 Å². The van der Waals surface area contributed by atoms with Crippen LogP contribution < -0.4 is 14.8 Å². The number of carbonyl (C=O) groups is 1. The van der Waals surface area contributed by atoms with E-state index in [0.717, 1.165) is 16.1 Å². The summed E-state index contributed by atoms with van der Waals surface area (Å²) >= 11 is 2.73. The molecule has 0 aliphatic rings. The van der Waals surface area contributed by atoms with Crippen molar-refractivity contribution in [3.8, 4) is 33.3 Å². The van der Waals surface area contributed by atoms with Gasteiger partial charge in [-0.15, -0.1) is 22.7 Å². The molecule has 0 unspecified atom stereocenters. The number of aryl methyl sites for hydroxylation is 1. The maximum absolute atomic E-state index is 12.6. The lowest BCUT2D eigenvalue weighted by Crippen LogP contribution is -2.12. The Labute approximate surface area is 174 Å². The fraction of sp³-hybridized carbons (Fsp3) is 0.158. The highest BCUT2D eigenvalue weighted by Crippen LogP contribution is 2.35. The molecule has 1 amide bonds. The molecule has 1 N–H and O–H groups in total. The largest absolute Gasteiger partial charge is 0.497 e. The number of ether oxygens (including phenoxy) is 2. The minimum absolute atomic E-state index is 0.306. The Morgan fingerprint density at radius 3 is 2.72 bits per heavy atom. The van der Waals surface area contributed by atoms with Crippen molar-refractivity contribution in [2.75, 3.05) is 19.5 Å². The molecule has 3 aromatic heterocycles. The zero-order valence-corrected chi connectivity index (χ0v) is 17.5. The summed E-state index contributed by atoms with van der Waals surface area (Å²) in [6, 6.07) is 5.51. The average molecular weight is 428 g/mol. The van der Waals surface area contributed by atoms with Crippen LogP contribution in [0.1, 0.15) is 10.5 Å². The number of anilines is 1. The van der Waals surface area contributed by atoms with E-state index in [1.165, 1.54) is 22.7 Å². The maximum atomic E-state index is 12.6. The van der Waals surface area contributed by atoms with Crippen molar-refractivity contribution in [3.63, 3.8) is 0 Å². The number of nitrogens with one attached hydrogen (secondary N) is 1. The second-order valence-electron chi connectivity index (χ2n) is 6.00. The van der Waals surface area contributed by atoms with Crippen LogP contribution in [0.4, 0.5) is 5.13 Å². The van der Waals surface area contributed by atoms with Crippen LogP contribution in [0.3, 0.4) is 0 Å². The predicted molar refractivity (Wildman–Crippen MR) is 113 cm³/mol. The third-order valence-electron chi connectivity index (χ3n) is 4.10. The van der Waals surface area contributed by atoms with Crippen molar-refractivity contribution in [3.05, 3.63) is 47.0 Å². The van der Waals surface area contributed by atoms with Gasteiger partial charge in [-0.25, -0.2) is 9.97 Å². The summed E-state index contributed by atoms with van der Waals surface area (Å²) in [5.41, 5.74) is 2.74. The van der Waals surface area contributed by atoms with Gasteiger partial charge >= 0.3 is 0 Å². The molecule has 3 heterocycles. The molecule has 148 valence electrons. The Morgan fingerprint density at radius 1 is 1.14 bits per heavy atom. The zero-order valence-electron chi connectivity index (χ0n) is 15.9. The molecule has 0 saturated carbocycles. The van der Waals surface area contributed by atoms with Crippen molar-refractivity contribution in [1.29, 1.82) is 0 Å². The number of benzene rings is 1. The van der Waals surface area contributed by atoms with Crippen LogP contribution >= 0.6 is 22.7 Å². The highest BCUT2D eigenvalue weighted by atomic mass is 32.1. The van der Waals surface area contributed by atoms with Gasteiger partial charge < -0.3 is 9.47 Å². The van der Waals surface area contributed by atoms with E-state index in [4.69, 9.17) is 9.47 Å². The third kappa shape index (κ3) is 3.98. The summed E-state index contributed by atoms with van der Waals surface area (Å²) in [4.78, 5) is 21.5. The molecular formula is C19H17N5O3S2. The lowest BCUT2D eigenvalue weighted by molar-refractivity contribution is 0.102. The Balaban J connectivity index is 1.51. The SMILES string of the molecule is COc1ccc(-c2csc(NC(=O)c3csc(-c4cnn(C)c4)n3)n2)c(OC)c1. The van der Waals surface area contributed by atoms with Gasteiger partial charge in [0.2, 0.25) is 0 Å². The van der Waals surface area contributed by atoms with Gasteiger partial charge in [-0.3, -0.25) is 14.8 Å². The van der Waals surface area contributed by atoms with E-state index in [9.17, 15) is 4.79 Å². The van der Waals surface area contributed by atoms with E-state index in [1.54, 1.807) is 36.5 Å². The molecule has 0 radical (unpaired) electrons. The zero-order chi connectivity index (χ0) is 20.4. The number of nitrogens with zero attached hydrogens (tertiary/aromatic N) is 4. The first-order chi connectivity index (χ1) is 14.1. The molecule has 4 aromatic rings. The van der Waals surface area contributed by atoms with E-state index >= 15 is 0 Å². The van der Waals surface area contributed by atoms with Crippen molar-refractivity contribution in [1.82, 2.24) is 19.7 Å². The minimum Gasteiger partial charge on any atom is -0.497 e. The summed E-state index contributed by atoms with van der Waals surface area (Å²) < 4.78 is 12.3. The van der Waals surface area contributed by atoms with E-state index < -0.39 is 0 Å². The van der Waals surface area contributed by atoms with Crippen molar-refractivity contribution >= 4 is 33.7 Å². The number of amides is 1. The van der Waals surface area contributed by atoms with Gasteiger partial charge in [0.15, 0.2) is 5.13 Å². The van der Waals surface area contributed by atoms with Gasteiger partial charge in [-0.05, 0) is 12.1 Å².